The highest BCUT2D eigenvalue weighted by molar-refractivity contribution is 5.90. The molecule has 0 aliphatic carbocycles. The summed E-state index contributed by atoms with van der Waals surface area (Å²) >= 11 is 0. The van der Waals surface area contributed by atoms with Crippen LogP contribution in [0.5, 0.6) is 0 Å². The maximum absolute atomic E-state index is 13.3. The van der Waals surface area contributed by atoms with E-state index in [-0.39, 0.29) is 24.2 Å². The van der Waals surface area contributed by atoms with Gasteiger partial charge in [-0.15, -0.1) is 0 Å². The van der Waals surface area contributed by atoms with Gasteiger partial charge in [0.2, 0.25) is 11.8 Å². The van der Waals surface area contributed by atoms with Gasteiger partial charge >= 0.3 is 0 Å². The fraction of sp³-hybridized carbons (Fsp3) is 0.389. The zero-order valence-corrected chi connectivity index (χ0v) is 13.9. The van der Waals surface area contributed by atoms with Crippen molar-refractivity contribution >= 4 is 11.8 Å². The predicted molar refractivity (Wildman–Crippen MR) is 89.8 cm³/mol. The van der Waals surface area contributed by atoms with Crippen LogP contribution in [0.3, 0.4) is 0 Å². The summed E-state index contributed by atoms with van der Waals surface area (Å²) in [7, 11) is 0. The first kappa shape index (κ1) is 17.1. The molecule has 0 saturated carbocycles. The second-order valence-corrected chi connectivity index (χ2v) is 6.15. The van der Waals surface area contributed by atoms with E-state index in [2.05, 4.69) is 10.3 Å². The van der Waals surface area contributed by atoms with Crippen molar-refractivity contribution in [2.75, 3.05) is 6.54 Å². The second kappa shape index (κ2) is 7.92. The lowest BCUT2D eigenvalue weighted by molar-refractivity contribution is -0.135. The highest BCUT2D eigenvalue weighted by Crippen LogP contribution is 2.22. The summed E-state index contributed by atoms with van der Waals surface area (Å²) in [4.78, 5) is 30.0. The number of carbonyl (C=O) groups is 2. The Labute approximate surface area is 145 Å². The molecule has 2 aromatic rings. The van der Waals surface area contributed by atoms with Crippen molar-refractivity contribution in [3.05, 3.63) is 54.4 Å². The lowest BCUT2D eigenvalue weighted by atomic mass is 10.1. The fourth-order valence-electron chi connectivity index (χ4n) is 3.05. The van der Waals surface area contributed by atoms with Crippen LogP contribution in [0.15, 0.2) is 43.0 Å². The summed E-state index contributed by atoms with van der Waals surface area (Å²) in [6.07, 6.45) is 6.96. The number of amides is 2. The van der Waals surface area contributed by atoms with E-state index in [9.17, 15) is 14.0 Å². The molecule has 0 bridgehead atoms. The number of imidazole rings is 1. The highest BCUT2D eigenvalue weighted by atomic mass is 19.1. The van der Waals surface area contributed by atoms with Gasteiger partial charge in [0.1, 0.15) is 11.9 Å². The lowest BCUT2D eigenvalue weighted by Crippen LogP contribution is -2.44. The number of rotatable bonds is 7. The van der Waals surface area contributed by atoms with Crippen LogP contribution in [0.2, 0.25) is 0 Å². The molecule has 0 spiro atoms. The monoisotopic (exact) mass is 344 g/mol. The lowest BCUT2D eigenvalue weighted by Gasteiger charge is -2.24. The normalized spacial score (nSPS) is 17.1. The molecule has 1 aromatic carbocycles. The van der Waals surface area contributed by atoms with E-state index >= 15 is 0 Å². The SMILES string of the molecule is O=C(NCCCn1ccnc1)C1CCC(=O)N1Cc1cccc(F)c1. The molecule has 25 heavy (non-hydrogen) atoms. The van der Waals surface area contributed by atoms with Crippen molar-refractivity contribution in [2.45, 2.75) is 38.4 Å². The molecule has 1 N–H and O–H groups in total. The van der Waals surface area contributed by atoms with Crippen LogP contribution in [0, 0.1) is 5.82 Å². The fourth-order valence-corrected chi connectivity index (χ4v) is 3.05. The van der Waals surface area contributed by atoms with Gasteiger partial charge in [-0.2, -0.15) is 0 Å². The minimum absolute atomic E-state index is 0.0668. The number of hydrogen-bond acceptors (Lipinski definition) is 3. The third-order valence-electron chi connectivity index (χ3n) is 4.32. The third-order valence-corrected chi connectivity index (χ3v) is 4.32. The number of aryl methyl sites for hydroxylation is 1. The van der Waals surface area contributed by atoms with Gasteiger partial charge in [-0.25, -0.2) is 9.37 Å². The number of nitrogens with one attached hydrogen (secondary N) is 1. The summed E-state index contributed by atoms with van der Waals surface area (Å²) in [5.74, 6) is -0.555. The molecule has 1 aliphatic heterocycles. The van der Waals surface area contributed by atoms with Crippen molar-refractivity contribution in [1.29, 1.82) is 0 Å². The van der Waals surface area contributed by atoms with Crippen molar-refractivity contribution in [2.24, 2.45) is 0 Å². The van der Waals surface area contributed by atoms with Gasteiger partial charge in [-0.1, -0.05) is 12.1 Å². The Kier molecular flexibility index (Phi) is 5.42. The Morgan fingerprint density at radius 1 is 1.40 bits per heavy atom. The molecule has 1 fully saturated rings. The van der Waals surface area contributed by atoms with Gasteiger partial charge < -0.3 is 14.8 Å². The molecular weight excluding hydrogens is 323 g/mol. The first-order valence-corrected chi connectivity index (χ1v) is 8.41. The molecule has 1 saturated heterocycles. The molecule has 6 nitrogen and oxygen atoms in total. The molecule has 0 radical (unpaired) electrons. The van der Waals surface area contributed by atoms with Crippen LogP contribution >= 0.6 is 0 Å². The number of nitrogens with zero attached hydrogens (tertiary/aromatic N) is 3. The van der Waals surface area contributed by atoms with E-state index in [0.717, 1.165) is 13.0 Å². The van der Waals surface area contributed by atoms with Gasteiger partial charge in [0.15, 0.2) is 0 Å². The number of aromatic nitrogens is 2. The van der Waals surface area contributed by atoms with Crippen LogP contribution in [0.4, 0.5) is 4.39 Å². The van der Waals surface area contributed by atoms with E-state index in [1.54, 1.807) is 29.6 Å². The van der Waals surface area contributed by atoms with Gasteiger partial charge in [0.05, 0.1) is 6.33 Å². The summed E-state index contributed by atoms with van der Waals surface area (Å²) < 4.78 is 15.3. The zero-order chi connectivity index (χ0) is 17.6. The van der Waals surface area contributed by atoms with Crippen LogP contribution in [-0.4, -0.2) is 38.9 Å². The second-order valence-electron chi connectivity index (χ2n) is 6.15. The third kappa shape index (κ3) is 4.43. The molecule has 2 amide bonds. The minimum Gasteiger partial charge on any atom is -0.354 e. The first-order valence-electron chi connectivity index (χ1n) is 8.41. The molecule has 132 valence electrons. The number of likely N-dealkylation sites (tertiary alicyclic amines) is 1. The average molecular weight is 344 g/mol. The van der Waals surface area contributed by atoms with E-state index < -0.39 is 6.04 Å². The van der Waals surface area contributed by atoms with Crippen LogP contribution in [0.25, 0.3) is 0 Å². The zero-order valence-electron chi connectivity index (χ0n) is 13.9. The molecular formula is C18H21FN4O2. The minimum atomic E-state index is -0.482. The molecule has 1 atom stereocenters. The molecule has 1 unspecified atom stereocenters. The molecule has 1 aromatic heterocycles. The molecule has 7 heteroatoms. The van der Waals surface area contributed by atoms with Crippen molar-refractivity contribution in [3.8, 4) is 0 Å². The number of hydrogen-bond donors (Lipinski definition) is 1. The van der Waals surface area contributed by atoms with Crippen LogP contribution in [-0.2, 0) is 22.7 Å². The van der Waals surface area contributed by atoms with Gasteiger partial charge in [-0.3, -0.25) is 9.59 Å². The first-order chi connectivity index (χ1) is 12.1. The van der Waals surface area contributed by atoms with Gasteiger partial charge in [0.25, 0.3) is 0 Å². The van der Waals surface area contributed by atoms with Crippen LogP contribution < -0.4 is 5.32 Å². The molecule has 3 rings (SSSR count). The van der Waals surface area contributed by atoms with E-state index in [1.165, 1.54) is 12.1 Å². The van der Waals surface area contributed by atoms with E-state index in [1.807, 2.05) is 10.8 Å². The Bertz CT molecular complexity index is 732. The summed E-state index contributed by atoms with van der Waals surface area (Å²) in [5.41, 5.74) is 0.688. The quantitative estimate of drug-likeness (QED) is 0.778. The summed E-state index contributed by atoms with van der Waals surface area (Å²) in [6, 6.07) is 5.64. The smallest absolute Gasteiger partial charge is 0.242 e. The van der Waals surface area contributed by atoms with Crippen molar-refractivity contribution in [3.63, 3.8) is 0 Å². The maximum Gasteiger partial charge on any atom is 0.242 e. The average Bonchev–Trinajstić information content (AvgIpc) is 3.22. The number of benzene rings is 1. The Morgan fingerprint density at radius 3 is 3.04 bits per heavy atom. The largest absolute Gasteiger partial charge is 0.354 e. The topological polar surface area (TPSA) is 67.2 Å². The van der Waals surface area contributed by atoms with E-state index in [0.29, 0.717) is 24.9 Å². The van der Waals surface area contributed by atoms with Gasteiger partial charge in [-0.05, 0) is 30.5 Å². The number of halogens is 1. The number of carbonyl (C=O) groups excluding carboxylic acids is 2. The van der Waals surface area contributed by atoms with E-state index in [4.69, 9.17) is 0 Å². The van der Waals surface area contributed by atoms with Crippen molar-refractivity contribution in [1.82, 2.24) is 19.8 Å². The predicted octanol–water partition coefficient (Wildman–Crippen LogP) is 1.72. The molecule has 2 heterocycles. The standard InChI is InChI=1S/C18H21FN4O2/c19-15-4-1-3-14(11-15)12-23-16(5-6-17(23)24)18(25)21-7-2-9-22-10-8-20-13-22/h1,3-4,8,10-11,13,16H,2,5-7,9,12H2,(H,21,25). The summed E-state index contributed by atoms with van der Waals surface area (Å²) in [5, 5.41) is 2.89. The van der Waals surface area contributed by atoms with Crippen LogP contribution in [0.1, 0.15) is 24.8 Å². The molecule has 1 aliphatic rings. The van der Waals surface area contributed by atoms with Crippen molar-refractivity contribution < 1.29 is 14.0 Å². The Hall–Kier alpha value is -2.70. The maximum atomic E-state index is 13.3. The van der Waals surface area contributed by atoms with Gasteiger partial charge in [0, 0.05) is 38.4 Å². The Morgan fingerprint density at radius 2 is 2.28 bits per heavy atom. The highest BCUT2D eigenvalue weighted by Gasteiger charge is 2.35. The Balaban J connectivity index is 1.52. The summed E-state index contributed by atoms with van der Waals surface area (Å²) in [6.45, 7) is 1.57.